The molecule has 0 amide bonds. The zero-order chi connectivity index (χ0) is 19.1. The van der Waals surface area contributed by atoms with E-state index in [0.717, 1.165) is 11.1 Å². The molecule has 1 aliphatic rings. The standard InChI is InChI=1S/C18H14N10/c19-3-2-18(5-12(6-18)7-20)28-10-13(8-23-28)17-16-1-4-22-27(16)11-15(24-17)14-9-21-26-25-14/h1,4,8-12H,2,5-6H2,(H,21,25,26)/t12-,18-. The first-order valence-electron chi connectivity index (χ1n) is 8.75. The molecule has 0 aliphatic heterocycles. The van der Waals surface area contributed by atoms with Crippen molar-refractivity contribution in [1.82, 2.24) is 39.8 Å². The van der Waals surface area contributed by atoms with Gasteiger partial charge in [-0.25, -0.2) is 9.50 Å². The average molecular weight is 370 g/mol. The zero-order valence-corrected chi connectivity index (χ0v) is 14.7. The molecule has 10 heteroatoms. The van der Waals surface area contributed by atoms with E-state index >= 15 is 0 Å². The van der Waals surface area contributed by atoms with Crippen molar-refractivity contribution in [2.75, 3.05) is 0 Å². The number of hydrogen-bond acceptors (Lipinski definition) is 7. The van der Waals surface area contributed by atoms with Gasteiger partial charge in [0.2, 0.25) is 0 Å². The maximum Gasteiger partial charge on any atom is 0.132 e. The average Bonchev–Trinajstić information content (AvgIpc) is 3.44. The van der Waals surface area contributed by atoms with Gasteiger partial charge in [-0.05, 0) is 18.9 Å². The highest BCUT2D eigenvalue weighted by Crippen LogP contribution is 2.46. The molecule has 0 radical (unpaired) electrons. The Morgan fingerprint density at radius 3 is 2.82 bits per heavy atom. The molecule has 4 aromatic rings. The molecule has 1 fully saturated rings. The summed E-state index contributed by atoms with van der Waals surface area (Å²) in [5.41, 5.74) is 3.19. The Morgan fingerprint density at radius 2 is 2.07 bits per heavy atom. The molecule has 1 saturated carbocycles. The molecular formula is C18H14N10. The number of H-pyrrole nitrogens is 1. The van der Waals surface area contributed by atoms with Gasteiger partial charge in [0, 0.05) is 11.8 Å². The number of aromatic nitrogens is 8. The van der Waals surface area contributed by atoms with Crippen LogP contribution in [0.4, 0.5) is 0 Å². The highest BCUT2D eigenvalue weighted by molar-refractivity contribution is 5.77. The van der Waals surface area contributed by atoms with E-state index in [2.05, 4.69) is 37.7 Å². The summed E-state index contributed by atoms with van der Waals surface area (Å²) in [6.45, 7) is 0. The highest BCUT2D eigenvalue weighted by Gasteiger charge is 2.46. The van der Waals surface area contributed by atoms with Gasteiger partial charge in [-0.1, -0.05) is 0 Å². The third kappa shape index (κ3) is 2.36. The largest absolute Gasteiger partial charge is 0.265 e. The first-order valence-corrected chi connectivity index (χ1v) is 8.75. The number of nitrogens with one attached hydrogen (secondary N) is 1. The fraction of sp³-hybridized carbons (Fsp3) is 0.278. The molecule has 0 saturated heterocycles. The minimum absolute atomic E-state index is 0.0313. The third-order valence-corrected chi connectivity index (χ3v) is 5.25. The third-order valence-electron chi connectivity index (χ3n) is 5.25. The molecule has 0 spiro atoms. The van der Waals surface area contributed by atoms with E-state index in [4.69, 9.17) is 10.2 Å². The molecule has 5 rings (SSSR count). The minimum atomic E-state index is -0.423. The molecule has 1 aliphatic carbocycles. The van der Waals surface area contributed by atoms with Crippen LogP contribution in [0.15, 0.2) is 37.1 Å². The van der Waals surface area contributed by atoms with Gasteiger partial charge >= 0.3 is 0 Å². The van der Waals surface area contributed by atoms with Crippen LogP contribution >= 0.6 is 0 Å². The molecule has 0 atom stereocenters. The summed E-state index contributed by atoms with van der Waals surface area (Å²) in [6.07, 6.45) is 10.3. The Kier molecular flexibility index (Phi) is 3.46. The van der Waals surface area contributed by atoms with Gasteiger partial charge in [0.15, 0.2) is 0 Å². The van der Waals surface area contributed by atoms with Gasteiger partial charge in [-0.3, -0.25) is 4.68 Å². The van der Waals surface area contributed by atoms with E-state index in [1.807, 2.05) is 16.9 Å². The van der Waals surface area contributed by atoms with Crippen molar-refractivity contribution in [2.45, 2.75) is 24.8 Å². The molecule has 0 aromatic carbocycles. The molecule has 28 heavy (non-hydrogen) atoms. The second-order valence-corrected chi connectivity index (χ2v) is 6.96. The zero-order valence-electron chi connectivity index (χ0n) is 14.7. The first-order chi connectivity index (χ1) is 13.7. The van der Waals surface area contributed by atoms with E-state index in [1.165, 1.54) is 0 Å². The summed E-state index contributed by atoms with van der Waals surface area (Å²) < 4.78 is 3.56. The number of aromatic amines is 1. The SMILES string of the molecule is N#CC[C@]1(n2cc(-c3nc(-c4cn[nH]n4)cn4nccc34)cn2)C[C@H](C#N)C1. The lowest BCUT2D eigenvalue weighted by atomic mass is 9.67. The lowest BCUT2D eigenvalue weighted by Crippen LogP contribution is -2.46. The van der Waals surface area contributed by atoms with Gasteiger partial charge in [0.25, 0.3) is 0 Å². The van der Waals surface area contributed by atoms with Crippen LogP contribution in [0.3, 0.4) is 0 Å². The van der Waals surface area contributed by atoms with E-state index in [0.29, 0.717) is 36.3 Å². The molecule has 0 unspecified atom stereocenters. The van der Waals surface area contributed by atoms with Gasteiger partial charge in [0.05, 0.1) is 66.0 Å². The number of rotatable bonds is 4. The minimum Gasteiger partial charge on any atom is -0.265 e. The Morgan fingerprint density at radius 1 is 1.18 bits per heavy atom. The monoisotopic (exact) mass is 370 g/mol. The summed E-state index contributed by atoms with van der Waals surface area (Å²) in [4.78, 5) is 4.75. The number of hydrogen-bond donors (Lipinski definition) is 1. The van der Waals surface area contributed by atoms with Crippen LogP contribution in [0.2, 0.25) is 0 Å². The van der Waals surface area contributed by atoms with Crippen LogP contribution in [-0.4, -0.2) is 39.8 Å². The maximum atomic E-state index is 9.25. The summed E-state index contributed by atoms with van der Waals surface area (Å²) in [6, 6.07) is 6.39. The van der Waals surface area contributed by atoms with Crippen LogP contribution < -0.4 is 0 Å². The molecule has 4 heterocycles. The quantitative estimate of drug-likeness (QED) is 0.579. The summed E-state index contributed by atoms with van der Waals surface area (Å²) in [5.74, 6) is -0.0313. The van der Waals surface area contributed by atoms with E-state index in [-0.39, 0.29) is 5.92 Å². The normalized spacial score (nSPS) is 21.1. The van der Waals surface area contributed by atoms with Crippen molar-refractivity contribution in [3.05, 3.63) is 37.1 Å². The Labute approximate surface area is 159 Å². The van der Waals surface area contributed by atoms with Gasteiger partial charge in [0.1, 0.15) is 11.4 Å². The molecule has 136 valence electrons. The second-order valence-electron chi connectivity index (χ2n) is 6.96. The van der Waals surface area contributed by atoms with Gasteiger partial charge < -0.3 is 0 Å². The maximum absolute atomic E-state index is 9.25. The lowest BCUT2D eigenvalue weighted by Gasteiger charge is -2.43. The fourth-order valence-corrected chi connectivity index (χ4v) is 3.80. The predicted octanol–water partition coefficient (Wildman–Crippen LogP) is 1.92. The fourth-order valence-electron chi connectivity index (χ4n) is 3.80. The lowest BCUT2D eigenvalue weighted by molar-refractivity contribution is 0.0882. The van der Waals surface area contributed by atoms with E-state index in [1.54, 1.807) is 29.3 Å². The van der Waals surface area contributed by atoms with E-state index < -0.39 is 5.54 Å². The molecule has 0 bridgehead atoms. The molecule has 4 aromatic heterocycles. The van der Waals surface area contributed by atoms with E-state index in [9.17, 15) is 5.26 Å². The van der Waals surface area contributed by atoms with Crippen molar-refractivity contribution in [3.8, 4) is 34.8 Å². The summed E-state index contributed by atoms with van der Waals surface area (Å²) in [5, 5.41) is 37.7. The Bertz CT molecular complexity index is 1230. The first kappa shape index (κ1) is 16.1. The Hall–Kier alpha value is -4.05. The predicted molar refractivity (Wildman–Crippen MR) is 96.1 cm³/mol. The Balaban J connectivity index is 1.60. The van der Waals surface area contributed by atoms with Crippen LogP contribution in [-0.2, 0) is 5.54 Å². The van der Waals surface area contributed by atoms with Gasteiger partial charge in [-0.15, -0.1) is 0 Å². The van der Waals surface area contributed by atoms with Crippen molar-refractivity contribution in [2.24, 2.45) is 5.92 Å². The molecule has 10 nitrogen and oxygen atoms in total. The van der Waals surface area contributed by atoms with Gasteiger partial charge in [-0.2, -0.15) is 36.1 Å². The highest BCUT2D eigenvalue weighted by atomic mass is 15.3. The van der Waals surface area contributed by atoms with Crippen molar-refractivity contribution < 1.29 is 0 Å². The molecular weight excluding hydrogens is 356 g/mol. The van der Waals surface area contributed by atoms with Crippen LogP contribution in [0.25, 0.3) is 28.2 Å². The number of nitriles is 2. The second kappa shape index (κ2) is 5.99. The summed E-state index contributed by atoms with van der Waals surface area (Å²) >= 11 is 0. The molecule has 1 N–H and O–H groups in total. The van der Waals surface area contributed by atoms with Crippen molar-refractivity contribution in [3.63, 3.8) is 0 Å². The van der Waals surface area contributed by atoms with Crippen molar-refractivity contribution in [1.29, 1.82) is 10.5 Å². The summed E-state index contributed by atoms with van der Waals surface area (Å²) in [7, 11) is 0. The van der Waals surface area contributed by atoms with Crippen LogP contribution in [0, 0.1) is 28.6 Å². The van der Waals surface area contributed by atoms with Crippen molar-refractivity contribution >= 4 is 5.52 Å². The van der Waals surface area contributed by atoms with Crippen LogP contribution in [0.5, 0.6) is 0 Å². The topological polar surface area (TPSA) is 137 Å². The van der Waals surface area contributed by atoms with Crippen LogP contribution in [0.1, 0.15) is 19.3 Å². The number of nitrogens with zero attached hydrogens (tertiary/aromatic N) is 9. The number of fused-ring (bicyclic) bond motifs is 1. The smallest absolute Gasteiger partial charge is 0.132 e.